The molecule has 0 amide bonds. The zero-order valence-electron chi connectivity index (χ0n) is 14.2. The molecule has 0 fully saturated rings. The Hall–Kier alpha value is -2.34. The van der Waals surface area contributed by atoms with Crippen molar-refractivity contribution in [2.45, 2.75) is 31.7 Å². The minimum Gasteiger partial charge on any atom is -0.370 e. The number of guanidine groups is 1. The van der Waals surface area contributed by atoms with Crippen LogP contribution >= 0.6 is 0 Å². The van der Waals surface area contributed by atoms with Gasteiger partial charge in [-0.2, -0.15) is 0 Å². The molecule has 0 aliphatic heterocycles. The molecule has 0 saturated heterocycles. The fourth-order valence-electron chi connectivity index (χ4n) is 2.34. The highest BCUT2D eigenvalue weighted by Gasteiger charge is 2.18. The number of nitrogens with two attached hydrogens (primary N) is 1. The van der Waals surface area contributed by atoms with E-state index < -0.39 is 15.9 Å². The first-order valence-corrected chi connectivity index (χ1v) is 9.38. The first-order chi connectivity index (χ1) is 11.3. The highest BCUT2D eigenvalue weighted by atomic mass is 32.2. The van der Waals surface area contributed by atoms with Gasteiger partial charge in [0.05, 0.1) is 16.7 Å². The zero-order chi connectivity index (χ0) is 17.7. The van der Waals surface area contributed by atoms with Crippen LogP contribution in [0.1, 0.15) is 18.1 Å². The summed E-state index contributed by atoms with van der Waals surface area (Å²) < 4.78 is 24.8. The molecule has 0 radical (unpaired) electrons. The van der Waals surface area contributed by atoms with Crippen molar-refractivity contribution in [3.05, 3.63) is 59.7 Å². The topological polar surface area (TPSA) is 84.5 Å². The van der Waals surface area contributed by atoms with Crippen molar-refractivity contribution in [2.24, 2.45) is 10.7 Å². The maximum atomic E-state index is 12.4. The molecule has 3 N–H and O–H groups in total. The van der Waals surface area contributed by atoms with Crippen molar-refractivity contribution >= 4 is 21.5 Å². The van der Waals surface area contributed by atoms with Gasteiger partial charge in [-0.25, -0.2) is 13.4 Å². The smallest absolute Gasteiger partial charge is 0.193 e. The van der Waals surface area contributed by atoms with Crippen LogP contribution in [0.25, 0.3) is 0 Å². The minimum absolute atomic E-state index is 0.0910. The van der Waals surface area contributed by atoms with E-state index in [0.29, 0.717) is 4.90 Å². The number of aryl methyl sites for hydroxylation is 2. The average Bonchev–Trinajstić information content (AvgIpc) is 2.46. The van der Waals surface area contributed by atoms with Crippen molar-refractivity contribution in [1.82, 2.24) is 0 Å². The van der Waals surface area contributed by atoms with Crippen molar-refractivity contribution in [3.8, 4) is 0 Å². The van der Waals surface area contributed by atoms with Crippen molar-refractivity contribution in [2.75, 3.05) is 11.1 Å². The van der Waals surface area contributed by atoms with Crippen LogP contribution in [-0.4, -0.2) is 26.2 Å². The fraction of sp³-hybridized carbons (Fsp3) is 0.278. The van der Waals surface area contributed by atoms with Crippen molar-refractivity contribution in [3.63, 3.8) is 0 Å². The van der Waals surface area contributed by atoms with E-state index >= 15 is 0 Å². The summed E-state index contributed by atoms with van der Waals surface area (Å²) in [7, 11) is -3.39. The monoisotopic (exact) mass is 345 g/mol. The second kappa shape index (κ2) is 7.49. The lowest BCUT2D eigenvalue weighted by molar-refractivity contribution is 0.590. The molecule has 1 atom stereocenters. The predicted octanol–water partition coefficient (Wildman–Crippen LogP) is 2.89. The first kappa shape index (κ1) is 18.0. The van der Waals surface area contributed by atoms with Gasteiger partial charge in [0.25, 0.3) is 0 Å². The Kier molecular flexibility index (Phi) is 5.62. The summed E-state index contributed by atoms with van der Waals surface area (Å²) in [6, 6.07) is 14.1. The largest absolute Gasteiger partial charge is 0.370 e. The van der Waals surface area contributed by atoms with Crippen LogP contribution in [0.4, 0.5) is 5.69 Å². The van der Waals surface area contributed by atoms with E-state index in [1.807, 2.05) is 38.1 Å². The Morgan fingerprint density at radius 1 is 1.12 bits per heavy atom. The summed E-state index contributed by atoms with van der Waals surface area (Å²) in [5.41, 5.74) is 8.82. The lowest BCUT2D eigenvalue weighted by Gasteiger charge is -2.11. The highest BCUT2D eigenvalue weighted by molar-refractivity contribution is 7.91. The Morgan fingerprint density at radius 2 is 1.79 bits per heavy atom. The summed E-state index contributed by atoms with van der Waals surface area (Å²) in [6.07, 6.45) is 0. The van der Waals surface area contributed by atoms with E-state index in [-0.39, 0.29) is 11.7 Å². The second-order valence-corrected chi connectivity index (χ2v) is 7.99. The number of benzene rings is 2. The summed E-state index contributed by atoms with van der Waals surface area (Å²) in [5, 5.41) is 2.98. The quantitative estimate of drug-likeness (QED) is 0.644. The van der Waals surface area contributed by atoms with Gasteiger partial charge >= 0.3 is 0 Å². The van der Waals surface area contributed by atoms with Crippen LogP contribution in [0.3, 0.4) is 0 Å². The molecule has 5 nitrogen and oxygen atoms in total. The third-order valence-corrected chi connectivity index (χ3v) is 5.40. The van der Waals surface area contributed by atoms with Gasteiger partial charge < -0.3 is 11.1 Å². The van der Waals surface area contributed by atoms with Crippen LogP contribution in [0, 0.1) is 13.8 Å². The highest BCUT2D eigenvalue weighted by Crippen LogP contribution is 2.14. The Morgan fingerprint density at radius 3 is 2.42 bits per heavy atom. The summed E-state index contributed by atoms with van der Waals surface area (Å²) in [5.74, 6) is 0.110. The molecule has 2 aromatic rings. The molecular formula is C18H23N3O2S. The maximum absolute atomic E-state index is 12.4. The van der Waals surface area contributed by atoms with Crippen LogP contribution in [0.15, 0.2) is 58.4 Å². The average molecular weight is 345 g/mol. The normalized spacial score (nSPS) is 13.5. The number of nitrogens with one attached hydrogen (secondary N) is 1. The van der Waals surface area contributed by atoms with Gasteiger partial charge in [0.15, 0.2) is 15.8 Å². The van der Waals surface area contributed by atoms with E-state index in [9.17, 15) is 8.42 Å². The molecule has 0 spiro atoms. The molecule has 128 valence electrons. The van der Waals surface area contributed by atoms with Crippen LogP contribution in [0.2, 0.25) is 0 Å². The van der Waals surface area contributed by atoms with Crippen LogP contribution in [-0.2, 0) is 9.84 Å². The molecule has 2 aromatic carbocycles. The number of anilines is 1. The molecule has 0 heterocycles. The van der Waals surface area contributed by atoms with Gasteiger partial charge in [0, 0.05) is 5.69 Å². The number of rotatable bonds is 5. The second-order valence-electron chi connectivity index (χ2n) is 5.95. The Labute approximate surface area is 143 Å². The van der Waals surface area contributed by atoms with Gasteiger partial charge in [-0.15, -0.1) is 0 Å². The first-order valence-electron chi connectivity index (χ1n) is 7.72. The molecule has 0 bridgehead atoms. The third kappa shape index (κ3) is 5.09. The number of aliphatic imine (C=N–C) groups is 1. The molecule has 0 aliphatic carbocycles. The molecule has 0 saturated carbocycles. The number of sulfone groups is 1. The molecule has 0 aliphatic rings. The van der Waals surface area contributed by atoms with Gasteiger partial charge in [0.2, 0.25) is 0 Å². The Balaban J connectivity index is 2.05. The molecular weight excluding hydrogens is 322 g/mol. The number of nitrogens with zero attached hydrogens (tertiary/aromatic N) is 1. The zero-order valence-corrected chi connectivity index (χ0v) is 15.0. The van der Waals surface area contributed by atoms with Crippen LogP contribution < -0.4 is 11.1 Å². The number of hydrogen-bond donors (Lipinski definition) is 2. The number of hydrogen-bond acceptors (Lipinski definition) is 3. The molecule has 6 heteroatoms. The molecule has 24 heavy (non-hydrogen) atoms. The van der Waals surface area contributed by atoms with Crippen molar-refractivity contribution < 1.29 is 8.42 Å². The lowest BCUT2D eigenvalue weighted by Crippen LogP contribution is -2.27. The minimum atomic E-state index is -3.39. The molecule has 0 aromatic heterocycles. The van der Waals surface area contributed by atoms with Gasteiger partial charge in [-0.3, -0.25) is 0 Å². The van der Waals surface area contributed by atoms with Gasteiger partial charge in [-0.05, 0) is 50.6 Å². The molecule has 2 rings (SSSR count). The third-order valence-electron chi connectivity index (χ3n) is 3.49. The summed E-state index contributed by atoms with van der Waals surface area (Å²) >= 11 is 0. The predicted molar refractivity (Wildman–Crippen MR) is 99.1 cm³/mol. The van der Waals surface area contributed by atoms with E-state index in [1.54, 1.807) is 31.2 Å². The van der Waals surface area contributed by atoms with E-state index in [2.05, 4.69) is 10.3 Å². The van der Waals surface area contributed by atoms with E-state index in [0.717, 1.165) is 16.8 Å². The fourth-order valence-corrected chi connectivity index (χ4v) is 3.79. The summed E-state index contributed by atoms with van der Waals surface area (Å²) in [6.45, 7) is 5.63. The van der Waals surface area contributed by atoms with Crippen LogP contribution in [0.5, 0.6) is 0 Å². The van der Waals surface area contributed by atoms with E-state index in [4.69, 9.17) is 5.73 Å². The van der Waals surface area contributed by atoms with Gasteiger partial charge in [0.1, 0.15) is 0 Å². The van der Waals surface area contributed by atoms with Crippen molar-refractivity contribution in [1.29, 1.82) is 0 Å². The Bertz CT molecular complexity index is 828. The SMILES string of the molecule is Cc1ccc(S(=O)(=O)CC(C)N=C(N)Nc2cccc(C)c2)cc1. The summed E-state index contributed by atoms with van der Waals surface area (Å²) in [4.78, 5) is 4.54. The van der Waals surface area contributed by atoms with E-state index in [1.165, 1.54) is 0 Å². The van der Waals surface area contributed by atoms with Gasteiger partial charge in [-0.1, -0.05) is 29.8 Å². The molecule has 1 unspecified atom stereocenters. The maximum Gasteiger partial charge on any atom is 0.193 e. The standard InChI is InChI=1S/C18H23N3O2S/c1-13-7-9-17(10-8-13)24(22,23)12-15(3)20-18(19)21-16-6-4-5-14(2)11-16/h4-11,15H,12H2,1-3H3,(H3,19,20,21). The lowest BCUT2D eigenvalue weighted by atomic mass is 10.2.